The summed E-state index contributed by atoms with van der Waals surface area (Å²) >= 11 is 0. The molecule has 0 aromatic heterocycles. The Balaban J connectivity index is 1.63. The Kier molecular flexibility index (Phi) is 4.71. The van der Waals surface area contributed by atoms with Gasteiger partial charge in [0, 0.05) is 11.8 Å². The first-order valence-electron chi connectivity index (χ1n) is 7.46. The van der Waals surface area contributed by atoms with Crippen molar-refractivity contribution in [3.8, 4) is 11.5 Å². The number of anilines is 1. The molecule has 0 bridgehead atoms. The van der Waals surface area contributed by atoms with Crippen molar-refractivity contribution in [2.75, 3.05) is 24.3 Å². The van der Waals surface area contributed by atoms with Crippen molar-refractivity contribution >= 4 is 21.4 Å². The van der Waals surface area contributed by atoms with Gasteiger partial charge in [0.15, 0.2) is 21.3 Å². The van der Waals surface area contributed by atoms with Crippen LogP contribution in [0.15, 0.2) is 48.5 Å². The van der Waals surface area contributed by atoms with Crippen LogP contribution >= 0.6 is 0 Å². The smallest absolute Gasteiger partial charge is 0.239 e. The molecule has 1 aliphatic heterocycles. The van der Waals surface area contributed by atoms with Crippen LogP contribution in [0.2, 0.25) is 0 Å². The average Bonchev–Trinajstić information content (AvgIpc) is 2.54. The fourth-order valence-electron chi connectivity index (χ4n) is 2.40. The molecule has 24 heavy (non-hydrogen) atoms. The van der Waals surface area contributed by atoms with E-state index in [9.17, 15) is 13.2 Å². The van der Waals surface area contributed by atoms with Crippen LogP contribution in [0.3, 0.4) is 0 Å². The zero-order valence-electron chi connectivity index (χ0n) is 12.9. The lowest BCUT2D eigenvalue weighted by molar-refractivity contribution is -0.113. The van der Waals surface area contributed by atoms with E-state index >= 15 is 0 Å². The van der Waals surface area contributed by atoms with Crippen LogP contribution in [0.5, 0.6) is 11.5 Å². The van der Waals surface area contributed by atoms with Crippen LogP contribution in [0.1, 0.15) is 5.56 Å². The third-order valence-corrected chi connectivity index (χ3v) is 4.88. The van der Waals surface area contributed by atoms with Crippen molar-refractivity contribution in [3.05, 3.63) is 54.1 Å². The Labute approximate surface area is 140 Å². The summed E-state index contributed by atoms with van der Waals surface area (Å²) in [5.74, 6) is -0.177. The maximum absolute atomic E-state index is 12.1. The number of hydrogen-bond acceptors (Lipinski definition) is 5. The molecule has 0 atom stereocenters. The zero-order chi connectivity index (χ0) is 17.0. The Morgan fingerprint density at radius 3 is 2.46 bits per heavy atom. The molecule has 0 radical (unpaired) electrons. The Morgan fingerprint density at radius 2 is 1.71 bits per heavy atom. The van der Waals surface area contributed by atoms with Gasteiger partial charge in [-0.25, -0.2) is 8.42 Å². The van der Waals surface area contributed by atoms with Gasteiger partial charge in [-0.3, -0.25) is 4.79 Å². The minimum absolute atomic E-state index is 0.164. The molecule has 1 heterocycles. The highest BCUT2D eigenvalue weighted by atomic mass is 32.2. The van der Waals surface area contributed by atoms with Crippen LogP contribution < -0.4 is 14.8 Å². The predicted molar refractivity (Wildman–Crippen MR) is 90.0 cm³/mol. The molecule has 0 saturated heterocycles. The first kappa shape index (κ1) is 16.3. The van der Waals surface area contributed by atoms with Crippen molar-refractivity contribution in [2.24, 2.45) is 0 Å². The topological polar surface area (TPSA) is 81.7 Å². The van der Waals surface area contributed by atoms with E-state index in [4.69, 9.17) is 9.47 Å². The van der Waals surface area contributed by atoms with Crippen LogP contribution in [0.4, 0.5) is 5.69 Å². The Morgan fingerprint density at radius 1 is 1.00 bits per heavy atom. The second kappa shape index (κ2) is 6.92. The normalized spacial score (nSPS) is 13.3. The number of amides is 1. The monoisotopic (exact) mass is 347 g/mol. The summed E-state index contributed by atoms with van der Waals surface area (Å²) in [5, 5.41) is 2.58. The van der Waals surface area contributed by atoms with Gasteiger partial charge in [-0.1, -0.05) is 30.3 Å². The van der Waals surface area contributed by atoms with E-state index < -0.39 is 21.5 Å². The van der Waals surface area contributed by atoms with E-state index in [1.165, 1.54) is 0 Å². The van der Waals surface area contributed by atoms with E-state index in [2.05, 4.69) is 5.32 Å². The van der Waals surface area contributed by atoms with Crippen LogP contribution in [0, 0.1) is 0 Å². The van der Waals surface area contributed by atoms with E-state index in [1.54, 1.807) is 42.5 Å². The molecule has 0 saturated carbocycles. The lowest BCUT2D eigenvalue weighted by Gasteiger charge is -2.19. The molecule has 1 aliphatic rings. The van der Waals surface area contributed by atoms with Gasteiger partial charge in [0.1, 0.15) is 19.0 Å². The second-order valence-electron chi connectivity index (χ2n) is 5.42. The molecule has 0 unspecified atom stereocenters. The number of hydrogen-bond donors (Lipinski definition) is 1. The average molecular weight is 347 g/mol. The molecule has 2 aromatic rings. The third-order valence-electron chi connectivity index (χ3n) is 3.41. The highest BCUT2D eigenvalue weighted by molar-refractivity contribution is 7.91. The molecule has 7 heteroatoms. The van der Waals surface area contributed by atoms with E-state index in [0.717, 1.165) is 0 Å². The summed E-state index contributed by atoms with van der Waals surface area (Å²) in [5.41, 5.74) is 1.13. The number of carbonyl (C=O) groups is 1. The van der Waals surface area contributed by atoms with Crippen molar-refractivity contribution in [2.45, 2.75) is 5.75 Å². The molecular weight excluding hydrogens is 330 g/mol. The molecule has 2 aromatic carbocycles. The largest absolute Gasteiger partial charge is 0.486 e. The number of benzene rings is 2. The number of sulfone groups is 1. The van der Waals surface area contributed by atoms with Crippen LogP contribution in [-0.2, 0) is 20.4 Å². The molecule has 126 valence electrons. The van der Waals surface area contributed by atoms with E-state index in [-0.39, 0.29) is 5.75 Å². The van der Waals surface area contributed by atoms with Gasteiger partial charge >= 0.3 is 0 Å². The summed E-state index contributed by atoms with van der Waals surface area (Å²) in [7, 11) is -3.54. The van der Waals surface area contributed by atoms with Gasteiger partial charge in [-0.2, -0.15) is 0 Å². The van der Waals surface area contributed by atoms with Gasteiger partial charge in [-0.05, 0) is 17.7 Å². The highest BCUT2D eigenvalue weighted by Gasteiger charge is 2.18. The fraction of sp³-hybridized carbons (Fsp3) is 0.235. The number of carbonyl (C=O) groups excluding carboxylic acids is 1. The molecule has 0 fully saturated rings. The molecule has 3 rings (SSSR count). The molecular formula is C17H17NO5S. The third kappa shape index (κ3) is 4.26. The van der Waals surface area contributed by atoms with Gasteiger partial charge < -0.3 is 14.8 Å². The molecule has 6 nitrogen and oxygen atoms in total. The van der Waals surface area contributed by atoms with Gasteiger partial charge in [-0.15, -0.1) is 0 Å². The summed E-state index contributed by atoms with van der Waals surface area (Å²) in [6.45, 7) is 0.923. The molecule has 0 spiro atoms. The van der Waals surface area contributed by atoms with Crippen molar-refractivity contribution < 1.29 is 22.7 Å². The quantitative estimate of drug-likeness (QED) is 0.895. The SMILES string of the molecule is O=C(CS(=O)(=O)Cc1ccccc1)Nc1ccc2c(c1)OCCO2. The minimum Gasteiger partial charge on any atom is -0.486 e. The van der Waals surface area contributed by atoms with Crippen molar-refractivity contribution in [3.63, 3.8) is 0 Å². The van der Waals surface area contributed by atoms with Crippen molar-refractivity contribution in [1.82, 2.24) is 0 Å². The second-order valence-corrected chi connectivity index (χ2v) is 7.49. The first-order valence-corrected chi connectivity index (χ1v) is 9.28. The van der Waals surface area contributed by atoms with E-state index in [0.29, 0.717) is 36.0 Å². The Hall–Kier alpha value is -2.54. The van der Waals surface area contributed by atoms with Gasteiger partial charge in [0.25, 0.3) is 0 Å². The minimum atomic E-state index is -3.54. The van der Waals surface area contributed by atoms with Gasteiger partial charge in [0.2, 0.25) is 5.91 Å². The summed E-state index contributed by atoms with van der Waals surface area (Å²) < 4.78 is 35.1. The number of nitrogens with one attached hydrogen (secondary N) is 1. The summed E-state index contributed by atoms with van der Waals surface area (Å²) in [6, 6.07) is 13.7. The van der Waals surface area contributed by atoms with E-state index in [1.807, 2.05) is 6.07 Å². The lowest BCUT2D eigenvalue weighted by atomic mass is 10.2. The highest BCUT2D eigenvalue weighted by Crippen LogP contribution is 2.32. The van der Waals surface area contributed by atoms with Crippen molar-refractivity contribution in [1.29, 1.82) is 0 Å². The summed E-state index contributed by atoms with van der Waals surface area (Å²) in [4.78, 5) is 12.0. The molecule has 1 amide bonds. The lowest BCUT2D eigenvalue weighted by Crippen LogP contribution is -2.24. The zero-order valence-corrected chi connectivity index (χ0v) is 13.7. The Bertz CT molecular complexity index is 833. The summed E-state index contributed by atoms with van der Waals surface area (Å²) in [6.07, 6.45) is 0. The van der Waals surface area contributed by atoms with Gasteiger partial charge in [0.05, 0.1) is 5.75 Å². The number of ether oxygens (including phenoxy) is 2. The predicted octanol–water partition coefficient (Wildman–Crippen LogP) is 2.01. The number of rotatable bonds is 5. The molecule has 1 N–H and O–H groups in total. The first-order chi connectivity index (χ1) is 11.5. The van der Waals surface area contributed by atoms with Crippen LogP contribution in [-0.4, -0.2) is 33.3 Å². The fourth-order valence-corrected chi connectivity index (χ4v) is 3.67. The molecule has 0 aliphatic carbocycles. The maximum atomic E-state index is 12.1. The standard InChI is InChI=1S/C17H17NO5S/c19-17(12-24(20,21)11-13-4-2-1-3-5-13)18-14-6-7-15-16(10-14)23-9-8-22-15/h1-7,10H,8-9,11-12H2,(H,18,19). The van der Waals surface area contributed by atoms with Crippen LogP contribution in [0.25, 0.3) is 0 Å². The maximum Gasteiger partial charge on any atom is 0.239 e. The number of fused-ring (bicyclic) bond motifs is 1.